The van der Waals surface area contributed by atoms with Gasteiger partial charge in [-0.3, -0.25) is 0 Å². The first-order valence-electron chi connectivity index (χ1n) is 19.6. The average molecular weight is 862 g/mol. The topological polar surface area (TPSA) is 208 Å². The van der Waals surface area contributed by atoms with Gasteiger partial charge in [0.15, 0.2) is 0 Å². The van der Waals surface area contributed by atoms with Crippen LogP contribution in [0.2, 0.25) is 10.0 Å². The molecule has 10 atom stereocenters. The molecule has 4 aromatic rings. The maximum absolute atomic E-state index is 10.8. The lowest BCUT2D eigenvalue weighted by Crippen LogP contribution is -2.64. The van der Waals surface area contributed by atoms with Crippen molar-refractivity contribution in [3.05, 3.63) is 128 Å². The molecule has 0 bridgehead atoms. The summed E-state index contributed by atoms with van der Waals surface area (Å²) in [6.07, 6.45) is -10.6. The quantitative estimate of drug-likeness (QED) is 0.0909. The summed E-state index contributed by atoms with van der Waals surface area (Å²) in [6.45, 7) is 5.91. The van der Waals surface area contributed by atoms with Crippen LogP contribution >= 0.6 is 23.2 Å². The van der Waals surface area contributed by atoms with Crippen molar-refractivity contribution in [2.24, 2.45) is 0 Å². The van der Waals surface area contributed by atoms with Gasteiger partial charge in [-0.1, -0.05) is 65.7 Å². The van der Waals surface area contributed by atoms with Crippen molar-refractivity contribution in [1.29, 1.82) is 0 Å². The van der Waals surface area contributed by atoms with Crippen molar-refractivity contribution in [2.75, 3.05) is 33.0 Å². The van der Waals surface area contributed by atoms with Gasteiger partial charge in [0.2, 0.25) is 5.79 Å². The van der Waals surface area contributed by atoms with Gasteiger partial charge in [0.1, 0.15) is 66.4 Å². The Morgan fingerprint density at radius 3 is 1.59 bits per heavy atom. The molecule has 2 heterocycles. The number of benzene rings is 4. The second kappa shape index (κ2) is 21.4. The lowest BCUT2D eigenvalue weighted by molar-refractivity contribution is -0.372. The zero-order valence-electron chi connectivity index (χ0n) is 33.1. The molecule has 0 unspecified atom stereocenters. The molecular formula is C44H54Cl2O13. The molecule has 15 heteroatoms. The third-order valence-corrected chi connectivity index (χ3v) is 11.0. The van der Waals surface area contributed by atoms with Crippen LogP contribution in [0.25, 0.3) is 0 Å². The van der Waals surface area contributed by atoms with Crippen molar-refractivity contribution in [2.45, 2.75) is 94.3 Å². The highest BCUT2D eigenvalue weighted by molar-refractivity contribution is 6.31. The highest BCUT2D eigenvalue weighted by Gasteiger charge is 2.55. The molecule has 0 aromatic heterocycles. The van der Waals surface area contributed by atoms with Crippen LogP contribution in [0.5, 0.6) is 11.5 Å². The summed E-state index contributed by atoms with van der Waals surface area (Å²) in [5.74, 6) is -0.186. The largest absolute Gasteiger partial charge is 0.494 e. The second-order valence-corrected chi connectivity index (χ2v) is 15.1. The lowest BCUT2D eigenvalue weighted by atomic mass is 9.87. The minimum Gasteiger partial charge on any atom is -0.494 e. The van der Waals surface area contributed by atoms with Crippen LogP contribution in [0.15, 0.2) is 84.9 Å². The summed E-state index contributed by atoms with van der Waals surface area (Å²) in [7, 11) is 0. The number of aliphatic hydroxyl groups excluding tert-OH is 8. The van der Waals surface area contributed by atoms with Gasteiger partial charge in [0, 0.05) is 22.2 Å². The minimum absolute atomic E-state index is 0.162. The number of hydrogen-bond donors (Lipinski definition) is 8. The Morgan fingerprint density at radius 2 is 1.08 bits per heavy atom. The van der Waals surface area contributed by atoms with Crippen molar-refractivity contribution >= 4 is 23.2 Å². The maximum atomic E-state index is 10.8. The monoisotopic (exact) mass is 860 g/mol. The molecule has 4 aromatic carbocycles. The van der Waals surface area contributed by atoms with E-state index in [1.165, 1.54) is 0 Å². The molecule has 2 saturated heterocycles. The number of ether oxygens (including phenoxy) is 5. The van der Waals surface area contributed by atoms with Crippen molar-refractivity contribution in [3.8, 4) is 11.5 Å². The Balaban J connectivity index is 0.000000225. The first-order valence-corrected chi connectivity index (χ1v) is 20.3. The zero-order chi connectivity index (χ0) is 42.9. The van der Waals surface area contributed by atoms with Crippen LogP contribution in [-0.2, 0) is 32.8 Å². The predicted molar refractivity (Wildman–Crippen MR) is 220 cm³/mol. The van der Waals surface area contributed by atoms with E-state index in [4.69, 9.17) is 46.9 Å². The van der Waals surface area contributed by atoms with Crippen molar-refractivity contribution in [1.82, 2.24) is 0 Å². The van der Waals surface area contributed by atoms with Crippen molar-refractivity contribution < 1.29 is 64.5 Å². The summed E-state index contributed by atoms with van der Waals surface area (Å²) >= 11 is 12.8. The molecule has 2 fully saturated rings. The Labute approximate surface area is 353 Å². The summed E-state index contributed by atoms with van der Waals surface area (Å²) < 4.78 is 28.2. The van der Waals surface area contributed by atoms with E-state index in [1.807, 2.05) is 68.4 Å². The predicted octanol–water partition coefficient (Wildman–Crippen LogP) is 3.84. The molecule has 322 valence electrons. The van der Waals surface area contributed by atoms with Gasteiger partial charge in [-0.05, 0) is 104 Å². The SMILES string of the molecule is CCOc1ccc(Cc2cc([C@@H]3O[C@H](CO)[C@@H](O)[C@H](O)[C@H]3O)ccc2Cl)cc1.CCOc1ccc(Cc2cc([C@]3(OCC)O[C@H](CO)[C@@H](O)[C@H](O)[C@H]3O)ccc2Cl)cc1. The van der Waals surface area contributed by atoms with E-state index in [-0.39, 0.29) is 6.61 Å². The number of hydrogen-bond acceptors (Lipinski definition) is 13. The normalized spacial score (nSPS) is 28.1. The molecule has 0 radical (unpaired) electrons. The molecule has 0 aliphatic carbocycles. The standard InChI is InChI=1S/C23H29ClO7.C21H25ClO6/c1-3-29-17-8-5-14(6-9-17)11-15-12-16(7-10-18(15)24)23(30-4-2)22(28)21(27)20(26)19(13-25)31-23;1-2-27-15-6-3-12(4-7-15)9-14-10-13(5-8-16(14)22)21-20(26)19(25)18(24)17(11-23)28-21/h5-10,12,19-22,25-28H,3-4,11,13H2,1-2H3;3-8,10,17-21,23-26H,2,9,11H2,1H3/t19-,20-,21+,22-,23+;17-,18-,19+,20-,21+/m11/s1. The third-order valence-electron chi connectivity index (χ3n) is 10.3. The molecule has 0 amide bonds. The highest BCUT2D eigenvalue weighted by Crippen LogP contribution is 2.41. The van der Waals surface area contributed by atoms with Crippen LogP contribution in [-0.4, -0.2) is 123 Å². The molecular weight excluding hydrogens is 807 g/mol. The Hall–Kier alpha value is -3.38. The molecule has 13 nitrogen and oxygen atoms in total. The van der Waals surface area contributed by atoms with Gasteiger partial charge in [-0.25, -0.2) is 0 Å². The van der Waals surface area contributed by atoms with Crippen LogP contribution < -0.4 is 9.47 Å². The third kappa shape index (κ3) is 10.9. The Morgan fingerprint density at radius 1 is 0.576 bits per heavy atom. The van der Waals surface area contributed by atoms with E-state index in [0.717, 1.165) is 33.8 Å². The van der Waals surface area contributed by atoms with E-state index < -0.39 is 73.9 Å². The highest BCUT2D eigenvalue weighted by atomic mass is 35.5. The van der Waals surface area contributed by atoms with Crippen molar-refractivity contribution in [3.63, 3.8) is 0 Å². The Kier molecular flexibility index (Phi) is 16.9. The van der Waals surface area contributed by atoms with Crippen LogP contribution in [0.1, 0.15) is 60.3 Å². The summed E-state index contributed by atoms with van der Waals surface area (Å²) in [5, 5.41) is 81.7. The van der Waals surface area contributed by atoms with E-state index in [9.17, 15) is 40.9 Å². The van der Waals surface area contributed by atoms with Gasteiger partial charge < -0.3 is 64.5 Å². The fourth-order valence-electron chi connectivity index (χ4n) is 7.19. The van der Waals surface area contributed by atoms with Gasteiger partial charge in [0.05, 0.1) is 26.4 Å². The molecule has 0 saturated carbocycles. The van der Waals surface area contributed by atoms with Gasteiger partial charge in [-0.2, -0.15) is 0 Å². The van der Waals surface area contributed by atoms with Crippen LogP contribution in [0, 0.1) is 0 Å². The summed E-state index contributed by atoms with van der Waals surface area (Å²) in [5.41, 5.74) is 4.68. The van der Waals surface area contributed by atoms with Gasteiger partial charge in [-0.15, -0.1) is 0 Å². The molecule has 6 rings (SSSR count). The van der Waals surface area contributed by atoms with Gasteiger partial charge >= 0.3 is 0 Å². The average Bonchev–Trinajstić information content (AvgIpc) is 3.24. The number of halogens is 2. The minimum atomic E-state index is -1.76. The van der Waals surface area contributed by atoms with Gasteiger partial charge in [0.25, 0.3) is 0 Å². The first-order chi connectivity index (χ1) is 28.3. The second-order valence-electron chi connectivity index (χ2n) is 14.3. The number of aliphatic hydroxyl groups is 8. The fraction of sp³-hybridized carbons (Fsp3) is 0.455. The van der Waals surface area contributed by atoms with Crippen LogP contribution in [0.4, 0.5) is 0 Å². The smallest absolute Gasteiger partial charge is 0.224 e. The molecule has 2 aliphatic heterocycles. The van der Waals surface area contributed by atoms with Crippen LogP contribution in [0.3, 0.4) is 0 Å². The van der Waals surface area contributed by atoms with E-state index in [1.54, 1.807) is 37.3 Å². The summed E-state index contributed by atoms with van der Waals surface area (Å²) in [6, 6.07) is 25.7. The first kappa shape index (κ1) is 46.7. The molecule has 0 spiro atoms. The maximum Gasteiger partial charge on any atom is 0.224 e. The summed E-state index contributed by atoms with van der Waals surface area (Å²) in [4.78, 5) is 0. The molecule has 8 N–H and O–H groups in total. The number of rotatable bonds is 14. The Bertz CT molecular complexity index is 1910. The molecule has 59 heavy (non-hydrogen) atoms. The molecule has 2 aliphatic rings. The van der Waals surface area contributed by atoms with E-state index in [2.05, 4.69) is 0 Å². The van der Waals surface area contributed by atoms with E-state index >= 15 is 0 Å². The lowest BCUT2D eigenvalue weighted by Gasteiger charge is -2.48. The van der Waals surface area contributed by atoms with E-state index in [0.29, 0.717) is 47.2 Å². The fourth-order valence-corrected chi connectivity index (χ4v) is 7.56. The zero-order valence-corrected chi connectivity index (χ0v) is 34.6.